The molecule has 0 N–H and O–H groups in total. The monoisotopic (exact) mass is 1260 g/mol. The zero-order valence-electron chi connectivity index (χ0n) is 53.8. The molecule has 0 saturated heterocycles. The molecule has 0 atom stereocenters. The van der Waals surface area contributed by atoms with Gasteiger partial charge in [-0.25, -0.2) is 9.97 Å². The Hall–Kier alpha value is -13.2. The molecule has 0 bridgehead atoms. The number of nitrogens with zero attached hydrogens (tertiary/aromatic N) is 6. The Kier molecular flexibility index (Phi) is 12.8. The third kappa shape index (κ3) is 8.69. The number of anilines is 6. The molecule has 0 fully saturated rings. The van der Waals surface area contributed by atoms with Crippen molar-refractivity contribution in [3.05, 3.63) is 386 Å². The van der Waals surface area contributed by atoms with Crippen LogP contribution in [-0.2, 0) is 5.41 Å². The Labute approximate surface area is 573 Å². The summed E-state index contributed by atoms with van der Waals surface area (Å²) in [5, 5.41) is 4.77. The highest BCUT2D eigenvalue weighted by Gasteiger charge is 2.51. The lowest BCUT2D eigenvalue weighted by molar-refractivity contribution is 0.794. The summed E-state index contributed by atoms with van der Waals surface area (Å²) < 4.78 is 4.74. The van der Waals surface area contributed by atoms with Gasteiger partial charge in [0, 0.05) is 83.7 Å². The van der Waals surface area contributed by atoms with Crippen LogP contribution in [0.25, 0.3) is 122 Å². The average molecular weight is 1260 g/mol. The van der Waals surface area contributed by atoms with Gasteiger partial charge in [0.25, 0.3) is 0 Å². The fraction of sp³-hybridized carbons (Fsp3) is 0.0108. The molecule has 6 nitrogen and oxygen atoms in total. The highest BCUT2D eigenvalue weighted by atomic mass is 15.1. The first kappa shape index (κ1) is 56.2. The third-order valence-corrected chi connectivity index (χ3v) is 20.7. The zero-order chi connectivity index (χ0) is 65.1. The third-order valence-electron chi connectivity index (χ3n) is 20.7. The molecule has 462 valence electrons. The van der Waals surface area contributed by atoms with E-state index >= 15 is 0 Å². The van der Waals surface area contributed by atoms with Crippen molar-refractivity contribution in [2.24, 2.45) is 0 Å². The number of aromatic nitrogens is 4. The van der Waals surface area contributed by atoms with E-state index in [1.54, 1.807) is 0 Å². The second kappa shape index (κ2) is 22.5. The summed E-state index contributed by atoms with van der Waals surface area (Å²) in [6.07, 6.45) is 0. The molecule has 0 unspecified atom stereocenters. The molecule has 99 heavy (non-hydrogen) atoms. The first-order valence-electron chi connectivity index (χ1n) is 34.0. The summed E-state index contributed by atoms with van der Waals surface area (Å²) in [7, 11) is 0. The molecule has 1 spiro atoms. The van der Waals surface area contributed by atoms with Crippen molar-refractivity contribution in [1.29, 1.82) is 0 Å². The zero-order valence-corrected chi connectivity index (χ0v) is 53.8. The molecule has 20 rings (SSSR count). The average Bonchev–Trinajstić information content (AvgIpc) is 1.51. The fourth-order valence-corrected chi connectivity index (χ4v) is 16.5. The molecular formula is C93H60N6. The van der Waals surface area contributed by atoms with Crippen LogP contribution in [0.1, 0.15) is 22.3 Å². The molecular weight excluding hydrogens is 1200 g/mol. The van der Waals surface area contributed by atoms with E-state index in [2.05, 4.69) is 383 Å². The summed E-state index contributed by atoms with van der Waals surface area (Å²) in [4.78, 5) is 16.4. The molecule has 2 aliphatic rings. The maximum absolute atomic E-state index is 5.91. The topological polar surface area (TPSA) is 42.1 Å². The van der Waals surface area contributed by atoms with Gasteiger partial charge in [-0.2, -0.15) is 0 Å². The normalized spacial score (nSPS) is 12.5. The van der Waals surface area contributed by atoms with Gasteiger partial charge >= 0.3 is 0 Å². The Morgan fingerprint density at radius 3 is 1.08 bits per heavy atom. The van der Waals surface area contributed by atoms with Crippen LogP contribution in [-0.4, -0.2) is 19.1 Å². The Bertz CT molecular complexity index is 6150. The molecule has 0 radical (unpaired) electrons. The van der Waals surface area contributed by atoms with Crippen LogP contribution in [0.3, 0.4) is 0 Å². The Morgan fingerprint density at radius 2 is 0.596 bits per heavy atom. The minimum atomic E-state index is -0.496. The van der Waals surface area contributed by atoms with Gasteiger partial charge in [0.1, 0.15) is 0 Å². The van der Waals surface area contributed by atoms with Crippen molar-refractivity contribution in [3.8, 4) is 67.3 Å². The van der Waals surface area contributed by atoms with Gasteiger partial charge in [0.05, 0.1) is 49.9 Å². The van der Waals surface area contributed by atoms with Crippen molar-refractivity contribution in [1.82, 2.24) is 19.1 Å². The van der Waals surface area contributed by atoms with E-state index in [1.165, 1.54) is 77.1 Å². The predicted octanol–water partition coefficient (Wildman–Crippen LogP) is 24.1. The molecule has 15 aromatic carbocycles. The minimum absolute atomic E-state index is 0.496. The number of hydrogen-bond donors (Lipinski definition) is 0. The van der Waals surface area contributed by atoms with E-state index in [0.717, 1.165) is 101 Å². The molecule has 2 aliphatic carbocycles. The predicted molar refractivity (Wildman–Crippen MR) is 410 cm³/mol. The number of hydrogen-bond acceptors (Lipinski definition) is 4. The van der Waals surface area contributed by atoms with Crippen LogP contribution >= 0.6 is 0 Å². The molecule has 6 heteroatoms. The maximum Gasteiger partial charge on any atom is 0.0973 e. The van der Waals surface area contributed by atoms with Crippen molar-refractivity contribution < 1.29 is 0 Å². The van der Waals surface area contributed by atoms with Crippen molar-refractivity contribution in [3.63, 3.8) is 0 Å². The highest BCUT2D eigenvalue weighted by molar-refractivity contribution is 6.12. The van der Waals surface area contributed by atoms with Gasteiger partial charge in [-0.1, -0.05) is 231 Å². The molecule has 0 amide bonds. The van der Waals surface area contributed by atoms with Gasteiger partial charge in [-0.3, -0.25) is 0 Å². The van der Waals surface area contributed by atoms with E-state index < -0.39 is 5.41 Å². The number of rotatable bonds is 11. The number of benzene rings is 15. The first-order valence-corrected chi connectivity index (χ1v) is 34.0. The summed E-state index contributed by atoms with van der Waals surface area (Å²) in [6.45, 7) is 0. The summed E-state index contributed by atoms with van der Waals surface area (Å²) >= 11 is 0. The van der Waals surface area contributed by atoms with Gasteiger partial charge in [0.2, 0.25) is 0 Å². The van der Waals surface area contributed by atoms with Gasteiger partial charge in [-0.15, -0.1) is 0 Å². The standard InChI is InChI=1S/C93H60N6/c1-5-24-64(25-6-1)96(70-53-56-88-79(59-70)77-35-16-21-42-86(77)98(88)66-28-9-3-10-29-66)68-49-44-61(45-50-68)90-91(62-46-51-69(52-47-62)97(65-26-7-2-8-27-65)71-54-57-89-80(60-71)78-36-17-22-43-87(78)99(89)67-30-11-4-12-31-67)95-92-72(37-23-41-85(92)94-90)63-48-55-76-75-34-15-20-40-83(75)93(84(76)58-63)81-38-18-13-32-73(81)74-33-14-19-39-82(74)93/h1-60H. The number of fused-ring (bicyclic) bond motifs is 17. The minimum Gasteiger partial charge on any atom is -0.310 e. The van der Waals surface area contributed by atoms with Crippen molar-refractivity contribution in [2.75, 3.05) is 9.80 Å². The van der Waals surface area contributed by atoms with Gasteiger partial charge in [-0.05, 0) is 184 Å². The summed E-state index contributed by atoms with van der Waals surface area (Å²) in [5.74, 6) is 0. The van der Waals surface area contributed by atoms with Gasteiger partial charge in [0.15, 0.2) is 0 Å². The lowest BCUT2D eigenvalue weighted by Crippen LogP contribution is -2.25. The lowest BCUT2D eigenvalue weighted by atomic mass is 9.70. The van der Waals surface area contributed by atoms with Crippen LogP contribution in [0.4, 0.5) is 34.1 Å². The largest absolute Gasteiger partial charge is 0.310 e. The van der Waals surface area contributed by atoms with Crippen LogP contribution in [0, 0.1) is 0 Å². The van der Waals surface area contributed by atoms with Crippen LogP contribution in [0.2, 0.25) is 0 Å². The molecule has 18 aromatic rings. The second-order valence-corrected chi connectivity index (χ2v) is 26.0. The highest BCUT2D eigenvalue weighted by Crippen LogP contribution is 2.63. The van der Waals surface area contributed by atoms with E-state index in [1.807, 2.05) is 0 Å². The summed E-state index contributed by atoms with van der Waals surface area (Å²) in [6, 6.07) is 132. The van der Waals surface area contributed by atoms with E-state index in [-0.39, 0.29) is 0 Å². The van der Waals surface area contributed by atoms with Crippen LogP contribution < -0.4 is 9.80 Å². The van der Waals surface area contributed by atoms with E-state index in [4.69, 9.17) is 9.97 Å². The lowest BCUT2D eigenvalue weighted by Gasteiger charge is -2.30. The van der Waals surface area contributed by atoms with Gasteiger partial charge < -0.3 is 18.9 Å². The van der Waals surface area contributed by atoms with E-state index in [9.17, 15) is 0 Å². The number of para-hydroxylation sites is 7. The molecule has 3 heterocycles. The molecule has 0 aliphatic heterocycles. The Balaban J connectivity index is 0.750. The first-order chi connectivity index (χ1) is 49.1. The molecule has 3 aromatic heterocycles. The van der Waals surface area contributed by atoms with E-state index in [0.29, 0.717) is 0 Å². The SMILES string of the molecule is c1ccc(N(c2ccc(-c3nc4cccc(-c5ccc6c(c5)C5(c7ccccc7-c7ccccc75)c5ccccc5-6)c4nc3-c3ccc(N(c4ccccc4)c4ccc5c(c4)c4ccccc4n5-c4ccccc4)cc3)cc2)c2ccc3c(c2)c2ccccc2n3-c2ccccc2)cc1. The van der Waals surface area contributed by atoms with Crippen LogP contribution in [0.15, 0.2) is 364 Å². The van der Waals surface area contributed by atoms with Crippen molar-refractivity contribution in [2.45, 2.75) is 5.41 Å². The smallest absolute Gasteiger partial charge is 0.0973 e. The maximum atomic E-state index is 5.91. The van der Waals surface area contributed by atoms with Crippen molar-refractivity contribution >= 4 is 88.8 Å². The second-order valence-electron chi connectivity index (χ2n) is 26.0. The molecule has 0 saturated carbocycles. The fourth-order valence-electron chi connectivity index (χ4n) is 16.5. The quantitative estimate of drug-likeness (QED) is 0.129. The summed E-state index contributed by atoms with van der Waals surface area (Å²) in [5.41, 5.74) is 30.2. The Morgan fingerprint density at radius 1 is 0.232 bits per heavy atom. The van der Waals surface area contributed by atoms with Crippen LogP contribution in [0.5, 0.6) is 0 Å².